The highest BCUT2D eigenvalue weighted by atomic mass is 16.7. The smallest absolute Gasteiger partial charge is 0.491 e. The molecule has 0 saturated carbocycles. The second-order valence-electron chi connectivity index (χ2n) is 8.13. The quantitative estimate of drug-likeness (QED) is 0.426. The highest BCUT2D eigenvalue weighted by Crippen LogP contribution is 2.33. The van der Waals surface area contributed by atoms with Crippen LogP contribution in [0.2, 0.25) is 0 Å². The molecule has 0 heterocycles. The van der Waals surface area contributed by atoms with Gasteiger partial charge in [0.15, 0.2) is 0 Å². The standard InChI is InChI=1S/C25H32O10/c1-25(2,17-5-9-21(10-6-17)32-13-19(26)15-34-23(28)30-3)18-7-11-22(12-8-18)33-14-20(27)16-35-24(29)31-4/h5-12,19-20,26-27H,13-16H2,1-4H3. The lowest BCUT2D eigenvalue weighted by Gasteiger charge is -2.26. The number of benzene rings is 2. The first-order valence-corrected chi connectivity index (χ1v) is 10.9. The van der Waals surface area contributed by atoms with Crippen molar-refractivity contribution in [3.8, 4) is 11.5 Å². The van der Waals surface area contributed by atoms with Gasteiger partial charge in [-0.3, -0.25) is 0 Å². The van der Waals surface area contributed by atoms with Crippen molar-refractivity contribution in [2.24, 2.45) is 0 Å². The number of carbonyl (C=O) groups excluding carboxylic acids is 2. The van der Waals surface area contributed by atoms with Crippen LogP contribution in [0.4, 0.5) is 9.59 Å². The van der Waals surface area contributed by atoms with E-state index in [0.29, 0.717) is 11.5 Å². The molecule has 0 aliphatic carbocycles. The van der Waals surface area contributed by atoms with E-state index in [4.69, 9.17) is 9.47 Å². The number of ether oxygens (including phenoxy) is 6. The summed E-state index contributed by atoms with van der Waals surface area (Å²) in [6.45, 7) is 3.64. The van der Waals surface area contributed by atoms with Crippen LogP contribution in [0, 0.1) is 0 Å². The van der Waals surface area contributed by atoms with Crippen molar-refractivity contribution in [3.05, 3.63) is 59.7 Å². The molecule has 0 radical (unpaired) electrons. The third-order valence-electron chi connectivity index (χ3n) is 5.16. The molecule has 0 fully saturated rings. The van der Waals surface area contributed by atoms with Crippen LogP contribution in [0.3, 0.4) is 0 Å². The molecule has 10 heteroatoms. The van der Waals surface area contributed by atoms with Gasteiger partial charge in [0.2, 0.25) is 0 Å². The Kier molecular flexibility index (Phi) is 10.6. The summed E-state index contributed by atoms with van der Waals surface area (Å²) in [5.41, 5.74) is 1.77. The summed E-state index contributed by atoms with van der Waals surface area (Å²) in [4.78, 5) is 21.9. The van der Waals surface area contributed by atoms with Gasteiger partial charge in [-0.05, 0) is 35.4 Å². The zero-order valence-corrected chi connectivity index (χ0v) is 20.3. The second-order valence-corrected chi connectivity index (χ2v) is 8.13. The van der Waals surface area contributed by atoms with Gasteiger partial charge >= 0.3 is 12.3 Å². The highest BCUT2D eigenvalue weighted by molar-refractivity contribution is 5.59. The zero-order chi connectivity index (χ0) is 25.8. The third-order valence-corrected chi connectivity index (χ3v) is 5.16. The minimum absolute atomic E-state index is 0.0370. The van der Waals surface area contributed by atoms with Gasteiger partial charge in [-0.15, -0.1) is 0 Å². The molecule has 0 bridgehead atoms. The van der Waals surface area contributed by atoms with Gasteiger partial charge in [-0.2, -0.15) is 0 Å². The molecule has 2 aromatic rings. The lowest BCUT2D eigenvalue weighted by atomic mass is 9.78. The van der Waals surface area contributed by atoms with Crippen molar-refractivity contribution in [2.45, 2.75) is 31.5 Å². The minimum Gasteiger partial charge on any atom is -0.491 e. The Morgan fingerprint density at radius 2 is 1.03 bits per heavy atom. The van der Waals surface area contributed by atoms with E-state index < -0.39 is 24.5 Å². The predicted octanol–water partition coefficient (Wildman–Crippen LogP) is 3.06. The summed E-state index contributed by atoms with van der Waals surface area (Å²) in [6, 6.07) is 15.0. The molecule has 192 valence electrons. The second kappa shape index (κ2) is 13.4. The van der Waals surface area contributed by atoms with Crippen molar-refractivity contribution in [3.63, 3.8) is 0 Å². The van der Waals surface area contributed by atoms with Crippen molar-refractivity contribution in [1.82, 2.24) is 0 Å². The van der Waals surface area contributed by atoms with E-state index in [1.807, 2.05) is 24.3 Å². The van der Waals surface area contributed by atoms with Crippen LogP contribution < -0.4 is 9.47 Å². The Bertz CT molecular complexity index is 849. The number of aliphatic hydroxyl groups is 2. The Morgan fingerprint density at radius 1 is 0.686 bits per heavy atom. The number of aliphatic hydroxyl groups excluding tert-OH is 2. The van der Waals surface area contributed by atoms with Gasteiger partial charge < -0.3 is 38.6 Å². The lowest BCUT2D eigenvalue weighted by Crippen LogP contribution is -2.25. The van der Waals surface area contributed by atoms with Crippen LogP contribution in [0.5, 0.6) is 11.5 Å². The molecular weight excluding hydrogens is 460 g/mol. The number of rotatable bonds is 12. The SMILES string of the molecule is COC(=O)OCC(O)COc1ccc(C(C)(C)c2ccc(OCC(O)COC(=O)OC)cc2)cc1. The fraction of sp³-hybridized carbons (Fsp3) is 0.440. The molecule has 2 aromatic carbocycles. The summed E-state index contributed by atoms with van der Waals surface area (Å²) in [7, 11) is 2.38. The molecule has 35 heavy (non-hydrogen) atoms. The normalized spacial score (nSPS) is 12.7. The van der Waals surface area contributed by atoms with Crippen LogP contribution in [0.15, 0.2) is 48.5 Å². The fourth-order valence-electron chi connectivity index (χ4n) is 3.03. The van der Waals surface area contributed by atoms with Crippen LogP contribution in [0.25, 0.3) is 0 Å². The molecule has 2 N–H and O–H groups in total. The van der Waals surface area contributed by atoms with E-state index in [0.717, 1.165) is 11.1 Å². The largest absolute Gasteiger partial charge is 0.508 e. The first-order chi connectivity index (χ1) is 16.6. The first-order valence-electron chi connectivity index (χ1n) is 10.9. The molecule has 0 saturated heterocycles. The van der Waals surface area contributed by atoms with Gasteiger partial charge in [0.05, 0.1) is 14.2 Å². The maximum Gasteiger partial charge on any atom is 0.508 e. The Morgan fingerprint density at radius 3 is 1.34 bits per heavy atom. The van der Waals surface area contributed by atoms with E-state index in [1.54, 1.807) is 24.3 Å². The van der Waals surface area contributed by atoms with Crippen LogP contribution in [-0.4, -0.2) is 75.4 Å². The van der Waals surface area contributed by atoms with E-state index in [-0.39, 0.29) is 31.8 Å². The number of methoxy groups -OCH3 is 2. The zero-order valence-electron chi connectivity index (χ0n) is 20.3. The number of carbonyl (C=O) groups is 2. The minimum atomic E-state index is -0.979. The van der Waals surface area contributed by atoms with Gasteiger partial charge in [-0.1, -0.05) is 38.1 Å². The summed E-state index contributed by atoms with van der Waals surface area (Å²) < 4.78 is 29.1. The Balaban J connectivity index is 1.88. The van der Waals surface area contributed by atoms with Crippen molar-refractivity contribution in [2.75, 3.05) is 40.6 Å². The number of hydrogen-bond acceptors (Lipinski definition) is 10. The molecule has 0 amide bonds. The molecule has 0 aliphatic heterocycles. The molecule has 0 aliphatic rings. The average molecular weight is 493 g/mol. The predicted molar refractivity (Wildman–Crippen MR) is 125 cm³/mol. The Labute approximate surface area is 204 Å². The Hall–Kier alpha value is -3.50. The van der Waals surface area contributed by atoms with Gasteiger partial charge in [-0.25, -0.2) is 9.59 Å². The first kappa shape index (κ1) is 27.7. The number of hydrogen-bond donors (Lipinski definition) is 2. The van der Waals surface area contributed by atoms with Gasteiger partial charge in [0.1, 0.15) is 50.1 Å². The van der Waals surface area contributed by atoms with E-state index in [9.17, 15) is 19.8 Å². The third kappa shape index (κ3) is 8.99. The van der Waals surface area contributed by atoms with E-state index >= 15 is 0 Å². The topological polar surface area (TPSA) is 130 Å². The fourth-order valence-corrected chi connectivity index (χ4v) is 3.03. The van der Waals surface area contributed by atoms with E-state index in [2.05, 4.69) is 32.8 Å². The maximum absolute atomic E-state index is 10.9. The van der Waals surface area contributed by atoms with Gasteiger partial charge in [0.25, 0.3) is 0 Å². The summed E-state index contributed by atoms with van der Waals surface area (Å²) >= 11 is 0. The molecule has 2 rings (SSSR count). The maximum atomic E-state index is 10.9. The average Bonchev–Trinajstić information content (AvgIpc) is 2.88. The highest BCUT2D eigenvalue weighted by Gasteiger charge is 2.23. The lowest BCUT2D eigenvalue weighted by molar-refractivity contribution is 0.0121. The van der Waals surface area contributed by atoms with E-state index in [1.165, 1.54) is 14.2 Å². The molecular formula is C25H32O10. The summed E-state index contributed by atoms with van der Waals surface area (Å²) in [5, 5.41) is 19.7. The monoisotopic (exact) mass is 492 g/mol. The molecule has 0 aromatic heterocycles. The molecule has 0 spiro atoms. The van der Waals surface area contributed by atoms with Crippen LogP contribution >= 0.6 is 0 Å². The summed E-state index contributed by atoms with van der Waals surface area (Å²) in [5.74, 6) is 1.14. The van der Waals surface area contributed by atoms with Crippen LogP contribution in [0.1, 0.15) is 25.0 Å². The van der Waals surface area contributed by atoms with Crippen molar-refractivity contribution < 1.29 is 48.2 Å². The molecule has 2 atom stereocenters. The van der Waals surface area contributed by atoms with Crippen molar-refractivity contribution >= 4 is 12.3 Å². The summed E-state index contributed by atoms with van der Waals surface area (Å²) in [6.07, 6.45) is -3.68. The molecule has 10 nitrogen and oxygen atoms in total. The van der Waals surface area contributed by atoms with Crippen molar-refractivity contribution in [1.29, 1.82) is 0 Å². The van der Waals surface area contributed by atoms with Gasteiger partial charge in [0, 0.05) is 5.41 Å². The molecule has 2 unspecified atom stereocenters. The van der Waals surface area contributed by atoms with Crippen LogP contribution in [-0.2, 0) is 24.4 Å².